The number of piperidine rings is 1. The zero-order chi connectivity index (χ0) is 21.6. The fourth-order valence-corrected chi connectivity index (χ4v) is 4.41. The first-order chi connectivity index (χ1) is 15.2. The molecule has 2 aromatic rings. The SMILES string of the molecule is NCC1CCN(c2nc(Nc3ccc(N4CCN(CC=O)CC4)cc3)ncc2Cl)CC1. The minimum absolute atomic E-state index is 0.519. The van der Waals surface area contributed by atoms with Crippen molar-refractivity contribution in [1.82, 2.24) is 14.9 Å². The molecule has 31 heavy (non-hydrogen) atoms. The lowest BCUT2D eigenvalue weighted by Gasteiger charge is -2.35. The van der Waals surface area contributed by atoms with Crippen LogP contribution in [0.3, 0.4) is 0 Å². The number of nitrogens with one attached hydrogen (secondary N) is 1. The molecule has 0 aliphatic carbocycles. The number of carbonyl (C=O) groups excluding carboxylic acids is 1. The molecule has 0 atom stereocenters. The Bertz CT molecular complexity index is 863. The van der Waals surface area contributed by atoms with Gasteiger partial charge in [-0.25, -0.2) is 4.98 Å². The summed E-state index contributed by atoms with van der Waals surface area (Å²) in [7, 11) is 0. The third kappa shape index (κ3) is 5.44. The van der Waals surface area contributed by atoms with Gasteiger partial charge in [0, 0.05) is 50.6 Å². The van der Waals surface area contributed by atoms with Crippen molar-refractivity contribution in [3.63, 3.8) is 0 Å². The van der Waals surface area contributed by atoms with Crippen LogP contribution >= 0.6 is 11.6 Å². The van der Waals surface area contributed by atoms with E-state index in [0.717, 1.165) is 76.4 Å². The van der Waals surface area contributed by atoms with Gasteiger partial charge in [0.1, 0.15) is 11.3 Å². The molecule has 1 aromatic heterocycles. The van der Waals surface area contributed by atoms with Crippen LogP contribution in [-0.4, -0.2) is 73.5 Å². The van der Waals surface area contributed by atoms with E-state index in [1.165, 1.54) is 5.69 Å². The number of nitrogens with two attached hydrogens (primary N) is 1. The lowest BCUT2D eigenvalue weighted by atomic mass is 9.97. The lowest BCUT2D eigenvalue weighted by molar-refractivity contribution is -0.108. The average Bonchev–Trinajstić information content (AvgIpc) is 2.82. The van der Waals surface area contributed by atoms with Crippen LogP contribution < -0.4 is 20.9 Å². The molecule has 0 radical (unpaired) electrons. The maximum absolute atomic E-state index is 10.7. The highest BCUT2D eigenvalue weighted by molar-refractivity contribution is 6.32. The zero-order valence-corrected chi connectivity index (χ0v) is 18.5. The van der Waals surface area contributed by atoms with Gasteiger partial charge in [-0.1, -0.05) is 11.6 Å². The summed E-state index contributed by atoms with van der Waals surface area (Å²) in [4.78, 5) is 26.4. The normalized spacial score (nSPS) is 18.3. The summed E-state index contributed by atoms with van der Waals surface area (Å²) in [6.07, 6.45) is 4.76. The highest BCUT2D eigenvalue weighted by Gasteiger charge is 2.22. The Morgan fingerprint density at radius 2 is 1.77 bits per heavy atom. The molecule has 0 bridgehead atoms. The van der Waals surface area contributed by atoms with Crippen molar-refractivity contribution in [3.8, 4) is 0 Å². The van der Waals surface area contributed by atoms with Gasteiger partial charge in [-0.2, -0.15) is 4.98 Å². The van der Waals surface area contributed by atoms with Crippen LogP contribution in [0.4, 0.5) is 23.1 Å². The number of nitrogens with zero attached hydrogens (tertiary/aromatic N) is 5. The summed E-state index contributed by atoms with van der Waals surface area (Å²) in [6, 6.07) is 8.29. The molecule has 0 unspecified atom stereocenters. The molecule has 0 spiro atoms. The number of benzene rings is 1. The molecular formula is C22H30ClN7O. The molecule has 2 aliphatic heterocycles. The van der Waals surface area contributed by atoms with E-state index in [-0.39, 0.29) is 0 Å². The van der Waals surface area contributed by atoms with Crippen LogP contribution in [0.15, 0.2) is 30.5 Å². The number of halogens is 1. The molecule has 2 fully saturated rings. The second-order valence-electron chi connectivity index (χ2n) is 8.16. The Morgan fingerprint density at radius 3 is 2.42 bits per heavy atom. The number of piperazine rings is 1. The van der Waals surface area contributed by atoms with Crippen LogP contribution in [0, 0.1) is 5.92 Å². The van der Waals surface area contributed by atoms with E-state index < -0.39 is 0 Å². The molecule has 3 heterocycles. The summed E-state index contributed by atoms with van der Waals surface area (Å²) in [5, 5.41) is 3.86. The molecule has 2 saturated heterocycles. The maximum Gasteiger partial charge on any atom is 0.229 e. The second-order valence-corrected chi connectivity index (χ2v) is 8.56. The highest BCUT2D eigenvalue weighted by atomic mass is 35.5. The molecule has 9 heteroatoms. The Hall–Kier alpha value is -2.42. The molecule has 1 aromatic carbocycles. The third-order valence-corrected chi connectivity index (χ3v) is 6.43. The van der Waals surface area contributed by atoms with Gasteiger partial charge in [0.05, 0.1) is 12.7 Å². The Kier molecular flexibility index (Phi) is 7.21. The number of anilines is 4. The van der Waals surface area contributed by atoms with Gasteiger partial charge >= 0.3 is 0 Å². The van der Waals surface area contributed by atoms with Crippen LogP contribution in [0.5, 0.6) is 0 Å². The highest BCUT2D eigenvalue weighted by Crippen LogP contribution is 2.29. The fraction of sp³-hybridized carbons (Fsp3) is 0.500. The minimum Gasteiger partial charge on any atom is -0.369 e. The summed E-state index contributed by atoms with van der Waals surface area (Å²) in [5.74, 6) is 1.90. The standard InChI is InChI=1S/C22H30ClN7O/c23-20-16-25-22(27-21(20)30-7-5-17(15-24)6-8-30)26-18-1-3-19(4-2-18)29-11-9-28(10-12-29)13-14-31/h1-4,14,16-17H,5-13,15,24H2,(H,25,26,27). The average molecular weight is 444 g/mol. The van der Waals surface area contributed by atoms with Crippen molar-refractivity contribution < 1.29 is 4.79 Å². The molecule has 3 N–H and O–H groups in total. The summed E-state index contributed by atoms with van der Waals surface area (Å²) in [6.45, 7) is 6.73. The fourth-order valence-electron chi connectivity index (χ4n) is 4.20. The molecular weight excluding hydrogens is 414 g/mol. The molecule has 166 valence electrons. The first-order valence-corrected chi connectivity index (χ1v) is 11.3. The van der Waals surface area contributed by atoms with E-state index in [0.29, 0.717) is 23.4 Å². The lowest BCUT2D eigenvalue weighted by Crippen LogP contribution is -2.46. The first-order valence-electron chi connectivity index (χ1n) is 10.9. The monoisotopic (exact) mass is 443 g/mol. The second kappa shape index (κ2) is 10.3. The summed E-state index contributed by atoms with van der Waals surface area (Å²) >= 11 is 6.39. The largest absolute Gasteiger partial charge is 0.369 e. The van der Waals surface area contributed by atoms with E-state index in [1.807, 2.05) is 12.1 Å². The quantitative estimate of drug-likeness (QED) is 0.630. The van der Waals surface area contributed by atoms with Crippen LogP contribution in [0.25, 0.3) is 0 Å². The van der Waals surface area contributed by atoms with Crippen LogP contribution in [-0.2, 0) is 4.79 Å². The minimum atomic E-state index is 0.519. The van der Waals surface area contributed by atoms with Crippen molar-refractivity contribution in [2.45, 2.75) is 12.8 Å². The molecule has 2 aliphatic rings. The van der Waals surface area contributed by atoms with Crippen molar-refractivity contribution in [3.05, 3.63) is 35.5 Å². The topological polar surface area (TPSA) is 90.6 Å². The number of hydrogen-bond acceptors (Lipinski definition) is 8. The maximum atomic E-state index is 10.7. The number of hydrogen-bond donors (Lipinski definition) is 2. The van der Waals surface area contributed by atoms with Gasteiger partial charge in [-0.05, 0) is 49.6 Å². The van der Waals surface area contributed by atoms with Gasteiger partial charge in [0.2, 0.25) is 5.95 Å². The number of carbonyl (C=O) groups is 1. The van der Waals surface area contributed by atoms with E-state index in [4.69, 9.17) is 17.3 Å². The zero-order valence-electron chi connectivity index (χ0n) is 17.7. The van der Waals surface area contributed by atoms with E-state index in [1.54, 1.807) is 6.20 Å². The van der Waals surface area contributed by atoms with Crippen molar-refractivity contribution in [2.75, 3.05) is 67.5 Å². The molecule has 4 rings (SSSR count). The Balaban J connectivity index is 1.38. The number of aromatic nitrogens is 2. The van der Waals surface area contributed by atoms with Crippen molar-refractivity contribution >= 4 is 41.0 Å². The predicted molar refractivity (Wildman–Crippen MR) is 125 cm³/mol. The van der Waals surface area contributed by atoms with Gasteiger partial charge in [-0.15, -0.1) is 0 Å². The van der Waals surface area contributed by atoms with Gasteiger partial charge in [0.15, 0.2) is 5.82 Å². The molecule has 8 nitrogen and oxygen atoms in total. The van der Waals surface area contributed by atoms with E-state index in [9.17, 15) is 4.79 Å². The van der Waals surface area contributed by atoms with Crippen LogP contribution in [0.2, 0.25) is 5.02 Å². The first kappa shape index (κ1) is 21.8. The Labute approximate surface area is 188 Å². The third-order valence-electron chi connectivity index (χ3n) is 6.17. The van der Waals surface area contributed by atoms with E-state index in [2.05, 4.69) is 42.1 Å². The smallest absolute Gasteiger partial charge is 0.229 e. The van der Waals surface area contributed by atoms with E-state index >= 15 is 0 Å². The number of aldehydes is 1. The predicted octanol–water partition coefficient (Wildman–Crippen LogP) is 2.37. The van der Waals surface area contributed by atoms with Gasteiger partial charge in [0.25, 0.3) is 0 Å². The summed E-state index contributed by atoms with van der Waals surface area (Å²) in [5.41, 5.74) is 7.91. The van der Waals surface area contributed by atoms with Crippen molar-refractivity contribution in [2.24, 2.45) is 11.7 Å². The Morgan fingerprint density at radius 1 is 1.06 bits per heavy atom. The van der Waals surface area contributed by atoms with Crippen LogP contribution in [0.1, 0.15) is 12.8 Å². The van der Waals surface area contributed by atoms with Crippen molar-refractivity contribution in [1.29, 1.82) is 0 Å². The van der Waals surface area contributed by atoms with Gasteiger partial charge < -0.3 is 25.6 Å². The molecule has 0 saturated carbocycles. The number of rotatable bonds is 7. The summed E-state index contributed by atoms with van der Waals surface area (Å²) < 4.78 is 0. The molecule has 0 amide bonds. The van der Waals surface area contributed by atoms with Gasteiger partial charge in [-0.3, -0.25) is 4.90 Å².